The number of rotatable bonds is 4. The first kappa shape index (κ1) is 20.0. The molecule has 1 aromatic heterocycles. The number of carbonyl (C=O) groups is 1. The molecule has 1 aliphatic heterocycles. The van der Waals surface area contributed by atoms with E-state index in [9.17, 15) is 18.0 Å². The van der Waals surface area contributed by atoms with Gasteiger partial charge in [0.1, 0.15) is 5.69 Å². The minimum Gasteiger partial charge on any atom is -0.340 e. The second kappa shape index (κ2) is 8.52. The number of benzene rings is 1. The van der Waals surface area contributed by atoms with Gasteiger partial charge in [-0.05, 0) is 13.0 Å². The van der Waals surface area contributed by atoms with Crippen LogP contribution in [0.25, 0.3) is 11.3 Å². The molecule has 1 atom stereocenters. The molecule has 1 saturated heterocycles. The molecule has 0 saturated carbocycles. The van der Waals surface area contributed by atoms with Crippen molar-refractivity contribution in [2.75, 3.05) is 24.6 Å². The van der Waals surface area contributed by atoms with Crippen LogP contribution in [0.2, 0.25) is 0 Å². The first-order valence-electron chi connectivity index (χ1n) is 8.39. The summed E-state index contributed by atoms with van der Waals surface area (Å²) in [5.74, 6) is 1.66. The molecule has 1 aromatic carbocycles. The Kier molecular flexibility index (Phi) is 6.31. The largest absolute Gasteiger partial charge is 0.433 e. The third kappa shape index (κ3) is 5.16. The van der Waals surface area contributed by atoms with E-state index >= 15 is 0 Å². The first-order valence-corrected chi connectivity index (χ1v) is 10.4. The van der Waals surface area contributed by atoms with Gasteiger partial charge in [0.2, 0.25) is 5.91 Å². The van der Waals surface area contributed by atoms with Gasteiger partial charge in [-0.1, -0.05) is 42.1 Å². The summed E-state index contributed by atoms with van der Waals surface area (Å²) in [6.45, 7) is 3.00. The Morgan fingerprint density at radius 1 is 1.19 bits per heavy atom. The normalized spacial score (nSPS) is 16.2. The van der Waals surface area contributed by atoms with Crippen molar-refractivity contribution in [3.05, 3.63) is 42.1 Å². The third-order valence-electron chi connectivity index (χ3n) is 4.02. The summed E-state index contributed by atoms with van der Waals surface area (Å²) >= 11 is 2.75. The molecule has 3 rings (SSSR count). The van der Waals surface area contributed by atoms with Crippen molar-refractivity contribution in [3.8, 4) is 11.3 Å². The van der Waals surface area contributed by atoms with E-state index in [1.165, 1.54) is 0 Å². The highest BCUT2D eigenvalue weighted by Crippen LogP contribution is 2.33. The molecular formula is C18H18F3N3OS2. The Bertz CT molecular complexity index is 796. The molecule has 4 nitrogen and oxygen atoms in total. The van der Waals surface area contributed by atoms with Crippen molar-refractivity contribution in [2.24, 2.45) is 0 Å². The lowest BCUT2D eigenvalue weighted by Crippen LogP contribution is -2.41. The smallest absolute Gasteiger partial charge is 0.340 e. The molecule has 0 aliphatic carbocycles. The molecule has 2 aromatic rings. The fourth-order valence-corrected chi connectivity index (χ4v) is 4.40. The average Bonchev–Trinajstić information content (AvgIpc) is 2.68. The maximum atomic E-state index is 13.3. The van der Waals surface area contributed by atoms with Gasteiger partial charge in [-0.25, -0.2) is 9.97 Å². The highest BCUT2D eigenvalue weighted by Gasteiger charge is 2.34. The van der Waals surface area contributed by atoms with E-state index in [2.05, 4.69) is 9.97 Å². The highest BCUT2D eigenvalue weighted by molar-refractivity contribution is 8.00. The lowest BCUT2D eigenvalue weighted by molar-refractivity contribution is -0.141. The molecule has 1 fully saturated rings. The highest BCUT2D eigenvalue weighted by atomic mass is 32.2. The number of hydrogen-bond acceptors (Lipinski definition) is 5. The molecule has 0 bridgehead atoms. The third-order valence-corrected chi connectivity index (χ3v) is 5.91. The monoisotopic (exact) mass is 413 g/mol. The van der Waals surface area contributed by atoms with E-state index < -0.39 is 17.1 Å². The van der Waals surface area contributed by atoms with Crippen LogP contribution in [0, 0.1) is 0 Å². The van der Waals surface area contributed by atoms with E-state index in [0.29, 0.717) is 18.7 Å². The van der Waals surface area contributed by atoms with Crippen LogP contribution < -0.4 is 0 Å². The molecule has 0 spiro atoms. The van der Waals surface area contributed by atoms with Gasteiger partial charge < -0.3 is 4.90 Å². The molecule has 2 heterocycles. The lowest BCUT2D eigenvalue weighted by Gasteiger charge is -2.28. The summed E-state index contributed by atoms with van der Waals surface area (Å²) in [5, 5.41) is -0.601. The number of nitrogens with zero attached hydrogens (tertiary/aromatic N) is 3. The second-order valence-corrected chi connectivity index (χ2v) is 8.52. The minimum atomic E-state index is -4.58. The number of amides is 1. The topological polar surface area (TPSA) is 46.1 Å². The van der Waals surface area contributed by atoms with E-state index in [0.717, 1.165) is 29.3 Å². The zero-order valence-electron chi connectivity index (χ0n) is 14.6. The number of carbonyl (C=O) groups excluding carboxylic acids is 1. The zero-order valence-corrected chi connectivity index (χ0v) is 16.2. The molecule has 0 unspecified atom stereocenters. The van der Waals surface area contributed by atoms with Crippen LogP contribution in [0.3, 0.4) is 0 Å². The quantitative estimate of drug-likeness (QED) is 0.555. The number of aromatic nitrogens is 2. The van der Waals surface area contributed by atoms with Crippen LogP contribution in [0.4, 0.5) is 13.2 Å². The van der Waals surface area contributed by atoms with E-state index in [-0.39, 0.29) is 16.8 Å². The number of hydrogen-bond donors (Lipinski definition) is 0. The summed E-state index contributed by atoms with van der Waals surface area (Å²) in [6, 6.07) is 9.57. The molecule has 144 valence electrons. The Labute approximate surface area is 164 Å². The first-order chi connectivity index (χ1) is 12.8. The van der Waals surface area contributed by atoms with Crippen molar-refractivity contribution in [1.82, 2.24) is 14.9 Å². The van der Waals surface area contributed by atoms with Crippen molar-refractivity contribution in [2.45, 2.75) is 23.5 Å². The van der Waals surface area contributed by atoms with Gasteiger partial charge in [-0.3, -0.25) is 4.79 Å². The van der Waals surface area contributed by atoms with Crippen LogP contribution in [0.5, 0.6) is 0 Å². The van der Waals surface area contributed by atoms with Gasteiger partial charge in [0.15, 0.2) is 5.16 Å². The molecule has 9 heteroatoms. The maximum absolute atomic E-state index is 13.3. The fraction of sp³-hybridized carbons (Fsp3) is 0.389. The molecule has 1 amide bonds. The van der Waals surface area contributed by atoms with E-state index in [1.54, 1.807) is 53.9 Å². The maximum Gasteiger partial charge on any atom is 0.433 e. The van der Waals surface area contributed by atoms with Gasteiger partial charge in [0.05, 0.1) is 10.9 Å². The lowest BCUT2D eigenvalue weighted by atomic mass is 10.1. The number of thioether (sulfide) groups is 2. The van der Waals surface area contributed by atoms with Crippen molar-refractivity contribution < 1.29 is 18.0 Å². The van der Waals surface area contributed by atoms with Crippen LogP contribution in [-0.4, -0.2) is 50.6 Å². The SMILES string of the molecule is C[C@H](Sc1nc(-c2ccccc2)cc(C(F)(F)F)n1)C(=O)N1CCSCC1. The van der Waals surface area contributed by atoms with E-state index in [4.69, 9.17) is 0 Å². The summed E-state index contributed by atoms with van der Waals surface area (Å²) in [4.78, 5) is 22.2. The van der Waals surface area contributed by atoms with Crippen LogP contribution in [-0.2, 0) is 11.0 Å². The molecule has 0 N–H and O–H groups in total. The van der Waals surface area contributed by atoms with Crippen molar-refractivity contribution in [1.29, 1.82) is 0 Å². The van der Waals surface area contributed by atoms with Gasteiger partial charge in [-0.2, -0.15) is 24.9 Å². The Morgan fingerprint density at radius 3 is 2.48 bits per heavy atom. The van der Waals surface area contributed by atoms with Gasteiger partial charge in [-0.15, -0.1) is 0 Å². The minimum absolute atomic E-state index is 0.0455. The van der Waals surface area contributed by atoms with Crippen LogP contribution >= 0.6 is 23.5 Å². The van der Waals surface area contributed by atoms with Crippen molar-refractivity contribution in [3.63, 3.8) is 0 Å². The van der Waals surface area contributed by atoms with Crippen LogP contribution in [0.1, 0.15) is 12.6 Å². The Balaban J connectivity index is 1.86. The van der Waals surface area contributed by atoms with Gasteiger partial charge in [0, 0.05) is 30.2 Å². The second-order valence-electron chi connectivity index (χ2n) is 5.98. The molecular weight excluding hydrogens is 395 g/mol. The number of halogens is 3. The fourth-order valence-electron chi connectivity index (χ4n) is 2.63. The van der Waals surface area contributed by atoms with Gasteiger partial charge >= 0.3 is 6.18 Å². The van der Waals surface area contributed by atoms with Crippen LogP contribution in [0.15, 0.2) is 41.6 Å². The average molecular weight is 413 g/mol. The Morgan fingerprint density at radius 2 is 1.85 bits per heavy atom. The molecule has 1 aliphatic rings. The summed E-state index contributed by atoms with van der Waals surface area (Å²) in [7, 11) is 0. The van der Waals surface area contributed by atoms with Gasteiger partial charge in [0.25, 0.3) is 0 Å². The predicted molar refractivity (Wildman–Crippen MR) is 102 cm³/mol. The zero-order chi connectivity index (χ0) is 19.4. The Hall–Kier alpha value is -1.74. The molecule has 27 heavy (non-hydrogen) atoms. The summed E-state index contributed by atoms with van der Waals surface area (Å²) in [5.41, 5.74) is -0.249. The standard InChI is InChI=1S/C18H18F3N3OS2/c1-12(16(25)24-7-9-26-10-8-24)27-17-22-14(13-5-3-2-4-6-13)11-15(23-17)18(19,20)21/h2-6,11-12H,7-10H2,1H3/t12-/m0/s1. The van der Waals surface area contributed by atoms with E-state index in [1.807, 2.05) is 0 Å². The predicted octanol–water partition coefficient (Wildman–Crippen LogP) is 4.22. The molecule has 0 radical (unpaired) electrons. The van der Waals surface area contributed by atoms with Crippen molar-refractivity contribution >= 4 is 29.4 Å². The summed E-state index contributed by atoms with van der Waals surface area (Å²) in [6.07, 6.45) is -4.58. The number of alkyl halides is 3. The summed E-state index contributed by atoms with van der Waals surface area (Å²) < 4.78 is 39.8.